The molecular weight excluding hydrogens is 194 g/mol. The fourth-order valence-corrected chi connectivity index (χ4v) is 2.19. The van der Waals surface area contributed by atoms with Crippen molar-refractivity contribution in [2.75, 3.05) is 0 Å². The lowest BCUT2D eigenvalue weighted by Crippen LogP contribution is -2.14. The van der Waals surface area contributed by atoms with Crippen LogP contribution >= 0.6 is 11.3 Å². The summed E-state index contributed by atoms with van der Waals surface area (Å²) in [5.74, 6) is 0.373. The van der Waals surface area contributed by atoms with E-state index < -0.39 is 0 Å². The highest BCUT2D eigenvalue weighted by Gasteiger charge is 2.09. The Balaban J connectivity index is 2.25. The van der Waals surface area contributed by atoms with Crippen molar-refractivity contribution in [3.63, 3.8) is 0 Å². The van der Waals surface area contributed by atoms with Gasteiger partial charge in [-0.05, 0) is 32.1 Å². The first-order chi connectivity index (χ1) is 6.61. The second-order valence-corrected chi connectivity index (χ2v) is 5.00. The van der Waals surface area contributed by atoms with Gasteiger partial charge in [-0.25, -0.2) is 4.98 Å². The van der Waals surface area contributed by atoms with Gasteiger partial charge in [-0.15, -0.1) is 11.3 Å². The van der Waals surface area contributed by atoms with Crippen molar-refractivity contribution < 1.29 is 5.11 Å². The van der Waals surface area contributed by atoms with E-state index >= 15 is 0 Å². The minimum Gasteiger partial charge on any atom is -0.393 e. The van der Waals surface area contributed by atoms with Crippen LogP contribution in [0.2, 0.25) is 0 Å². The molecule has 1 rings (SSSR count). The van der Waals surface area contributed by atoms with Gasteiger partial charge in [-0.1, -0.05) is 13.8 Å². The molecular formula is C11H19NOS. The Hall–Kier alpha value is -0.410. The van der Waals surface area contributed by atoms with E-state index in [4.69, 9.17) is 0 Å². The van der Waals surface area contributed by atoms with Crippen molar-refractivity contribution in [1.82, 2.24) is 4.98 Å². The van der Waals surface area contributed by atoms with Crippen LogP contribution in [-0.2, 0) is 6.42 Å². The Labute approximate surface area is 90.0 Å². The van der Waals surface area contributed by atoms with E-state index in [0.29, 0.717) is 5.92 Å². The van der Waals surface area contributed by atoms with E-state index in [1.807, 2.05) is 12.4 Å². The van der Waals surface area contributed by atoms with Crippen molar-refractivity contribution in [2.45, 2.75) is 46.1 Å². The van der Waals surface area contributed by atoms with Gasteiger partial charge in [0.1, 0.15) is 0 Å². The third kappa shape index (κ3) is 3.39. The van der Waals surface area contributed by atoms with Gasteiger partial charge < -0.3 is 5.11 Å². The summed E-state index contributed by atoms with van der Waals surface area (Å²) in [6, 6.07) is 0. The van der Waals surface area contributed by atoms with Crippen LogP contribution in [0.25, 0.3) is 0 Å². The predicted octanol–water partition coefficient (Wildman–Crippen LogP) is 2.79. The molecule has 0 spiro atoms. The lowest BCUT2D eigenvalue weighted by Gasteiger charge is -2.13. The quantitative estimate of drug-likeness (QED) is 0.816. The summed E-state index contributed by atoms with van der Waals surface area (Å²) in [7, 11) is 0. The van der Waals surface area contributed by atoms with Crippen molar-refractivity contribution >= 4 is 11.3 Å². The van der Waals surface area contributed by atoms with Crippen molar-refractivity contribution in [3.8, 4) is 0 Å². The molecule has 0 bridgehead atoms. The molecule has 1 aromatic heterocycles. The summed E-state index contributed by atoms with van der Waals surface area (Å²) in [5, 5.41) is 9.61. The SMILES string of the molecule is Cc1ncsc1CCCC(O)C(C)C. The molecule has 0 aromatic carbocycles. The zero-order chi connectivity index (χ0) is 10.6. The maximum absolute atomic E-state index is 9.61. The van der Waals surface area contributed by atoms with E-state index in [-0.39, 0.29) is 6.10 Å². The molecule has 0 amide bonds. The van der Waals surface area contributed by atoms with E-state index in [1.165, 1.54) is 4.88 Å². The highest BCUT2D eigenvalue weighted by Crippen LogP contribution is 2.17. The van der Waals surface area contributed by atoms with Gasteiger partial charge in [0, 0.05) is 4.88 Å². The first-order valence-electron chi connectivity index (χ1n) is 5.18. The summed E-state index contributed by atoms with van der Waals surface area (Å²) in [6.45, 7) is 6.16. The van der Waals surface area contributed by atoms with Gasteiger partial charge in [-0.2, -0.15) is 0 Å². The molecule has 0 aliphatic heterocycles. The standard InChI is InChI=1S/C11H19NOS/c1-8(2)10(13)5-4-6-11-9(3)12-7-14-11/h7-8,10,13H,4-6H2,1-3H3. The predicted molar refractivity (Wildman–Crippen MR) is 60.6 cm³/mol. The summed E-state index contributed by atoms with van der Waals surface area (Å²) >= 11 is 1.72. The number of aromatic nitrogens is 1. The average Bonchev–Trinajstić information content (AvgIpc) is 2.51. The molecule has 0 fully saturated rings. The van der Waals surface area contributed by atoms with Crippen LogP contribution in [0.3, 0.4) is 0 Å². The van der Waals surface area contributed by atoms with Crippen LogP contribution in [-0.4, -0.2) is 16.2 Å². The number of hydrogen-bond donors (Lipinski definition) is 1. The first kappa shape index (κ1) is 11.7. The molecule has 1 N–H and O–H groups in total. The van der Waals surface area contributed by atoms with Crippen LogP contribution in [0, 0.1) is 12.8 Å². The summed E-state index contributed by atoms with van der Waals surface area (Å²) in [4.78, 5) is 5.57. The van der Waals surface area contributed by atoms with Crippen LogP contribution in [0.15, 0.2) is 5.51 Å². The van der Waals surface area contributed by atoms with Gasteiger partial charge in [0.25, 0.3) is 0 Å². The number of nitrogens with zero attached hydrogens (tertiary/aromatic N) is 1. The molecule has 0 aliphatic carbocycles. The lowest BCUT2D eigenvalue weighted by molar-refractivity contribution is 0.114. The van der Waals surface area contributed by atoms with Gasteiger partial charge >= 0.3 is 0 Å². The van der Waals surface area contributed by atoms with Gasteiger partial charge in [0.15, 0.2) is 0 Å². The summed E-state index contributed by atoms with van der Waals surface area (Å²) in [5.41, 5.74) is 3.04. The Bertz CT molecular complexity index is 270. The molecule has 1 unspecified atom stereocenters. The number of hydrogen-bond acceptors (Lipinski definition) is 3. The Morgan fingerprint density at radius 1 is 1.50 bits per heavy atom. The molecule has 0 saturated heterocycles. The number of rotatable bonds is 5. The Kier molecular flexibility index (Phi) is 4.55. The van der Waals surface area contributed by atoms with Crippen LogP contribution in [0.1, 0.15) is 37.3 Å². The van der Waals surface area contributed by atoms with Gasteiger partial charge in [0.05, 0.1) is 17.3 Å². The van der Waals surface area contributed by atoms with Crippen LogP contribution < -0.4 is 0 Å². The number of aryl methyl sites for hydroxylation is 2. The summed E-state index contributed by atoms with van der Waals surface area (Å²) < 4.78 is 0. The molecule has 1 atom stereocenters. The molecule has 0 saturated carbocycles. The highest BCUT2D eigenvalue weighted by atomic mass is 32.1. The maximum Gasteiger partial charge on any atom is 0.0797 e. The smallest absolute Gasteiger partial charge is 0.0797 e. The molecule has 1 aromatic rings. The fourth-order valence-electron chi connectivity index (χ4n) is 1.37. The first-order valence-corrected chi connectivity index (χ1v) is 6.06. The van der Waals surface area contributed by atoms with Gasteiger partial charge in [0.2, 0.25) is 0 Å². The van der Waals surface area contributed by atoms with E-state index in [2.05, 4.69) is 18.8 Å². The third-order valence-corrected chi connectivity index (χ3v) is 3.51. The third-order valence-electron chi connectivity index (χ3n) is 2.52. The summed E-state index contributed by atoms with van der Waals surface area (Å²) in [6.07, 6.45) is 2.86. The van der Waals surface area contributed by atoms with Crippen molar-refractivity contribution in [2.24, 2.45) is 5.92 Å². The molecule has 14 heavy (non-hydrogen) atoms. The molecule has 0 radical (unpaired) electrons. The monoisotopic (exact) mass is 213 g/mol. The Morgan fingerprint density at radius 3 is 2.71 bits per heavy atom. The average molecular weight is 213 g/mol. The zero-order valence-electron chi connectivity index (χ0n) is 9.16. The topological polar surface area (TPSA) is 33.1 Å². The molecule has 1 heterocycles. The van der Waals surface area contributed by atoms with Gasteiger partial charge in [-0.3, -0.25) is 0 Å². The molecule has 2 nitrogen and oxygen atoms in total. The minimum absolute atomic E-state index is 0.150. The molecule has 80 valence electrons. The second kappa shape index (κ2) is 5.47. The fraction of sp³-hybridized carbons (Fsp3) is 0.727. The molecule has 0 aliphatic rings. The zero-order valence-corrected chi connectivity index (χ0v) is 9.97. The van der Waals surface area contributed by atoms with Crippen molar-refractivity contribution in [3.05, 3.63) is 16.1 Å². The normalized spacial score (nSPS) is 13.5. The van der Waals surface area contributed by atoms with Crippen LogP contribution in [0.5, 0.6) is 0 Å². The molecule has 3 heteroatoms. The number of thiazole rings is 1. The van der Waals surface area contributed by atoms with E-state index in [1.54, 1.807) is 11.3 Å². The Morgan fingerprint density at radius 2 is 2.21 bits per heavy atom. The highest BCUT2D eigenvalue weighted by molar-refractivity contribution is 7.09. The van der Waals surface area contributed by atoms with Crippen LogP contribution in [0.4, 0.5) is 0 Å². The lowest BCUT2D eigenvalue weighted by atomic mass is 10.0. The van der Waals surface area contributed by atoms with E-state index in [0.717, 1.165) is 25.0 Å². The second-order valence-electron chi connectivity index (χ2n) is 4.06. The number of aliphatic hydroxyl groups excluding tert-OH is 1. The van der Waals surface area contributed by atoms with E-state index in [9.17, 15) is 5.11 Å². The maximum atomic E-state index is 9.61. The largest absolute Gasteiger partial charge is 0.393 e. The minimum atomic E-state index is -0.150. The van der Waals surface area contributed by atoms with Crippen molar-refractivity contribution in [1.29, 1.82) is 0 Å². The number of aliphatic hydroxyl groups is 1.